The second-order valence-electron chi connectivity index (χ2n) is 6.69. The van der Waals surface area contributed by atoms with Crippen molar-refractivity contribution < 1.29 is 9.72 Å². The van der Waals surface area contributed by atoms with Crippen molar-refractivity contribution in [2.75, 3.05) is 6.54 Å². The van der Waals surface area contributed by atoms with Crippen LogP contribution in [0.5, 0.6) is 0 Å². The molecule has 1 aliphatic rings. The average molecular weight is 350 g/mol. The maximum atomic E-state index is 12.7. The highest BCUT2D eigenvalue weighted by atomic mass is 16.6. The second-order valence-corrected chi connectivity index (χ2v) is 6.69. The number of nitrogens with zero attached hydrogens (tertiary/aromatic N) is 2. The number of nitro benzene ring substituents is 1. The van der Waals surface area contributed by atoms with E-state index in [4.69, 9.17) is 0 Å². The summed E-state index contributed by atoms with van der Waals surface area (Å²) in [4.78, 5) is 25.0. The molecule has 0 atom stereocenters. The van der Waals surface area contributed by atoms with Crippen LogP contribution in [0.3, 0.4) is 0 Å². The summed E-state index contributed by atoms with van der Waals surface area (Å²) in [5.41, 5.74) is 1.77. The number of non-ortho nitro benzene ring substituents is 1. The Balaban J connectivity index is 1.71. The number of hydrogen-bond donors (Lipinski definition) is 0. The molecule has 0 bridgehead atoms. The molecule has 1 saturated carbocycles. The molecule has 0 radical (unpaired) electrons. The first-order valence-electron chi connectivity index (χ1n) is 8.87. The van der Waals surface area contributed by atoms with E-state index in [9.17, 15) is 14.9 Å². The third-order valence-electron chi connectivity index (χ3n) is 4.73. The quantitative estimate of drug-likeness (QED) is 0.421. The van der Waals surface area contributed by atoms with Gasteiger partial charge in [-0.1, -0.05) is 48.9 Å². The molecule has 3 rings (SSSR count). The van der Waals surface area contributed by atoms with Gasteiger partial charge in [0.15, 0.2) is 0 Å². The Hall–Kier alpha value is -2.95. The molecule has 0 saturated heterocycles. The van der Waals surface area contributed by atoms with Crippen LogP contribution in [0, 0.1) is 16.0 Å². The first kappa shape index (κ1) is 17.9. The highest BCUT2D eigenvalue weighted by Crippen LogP contribution is 2.27. The zero-order valence-electron chi connectivity index (χ0n) is 14.6. The van der Waals surface area contributed by atoms with Gasteiger partial charge in [0.2, 0.25) is 5.91 Å². The number of rotatable bonds is 7. The lowest BCUT2D eigenvalue weighted by Gasteiger charge is -2.32. The third kappa shape index (κ3) is 4.79. The molecule has 0 aliphatic heterocycles. The summed E-state index contributed by atoms with van der Waals surface area (Å²) in [6, 6.07) is 16.2. The number of hydrogen-bond acceptors (Lipinski definition) is 3. The molecule has 26 heavy (non-hydrogen) atoms. The van der Waals surface area contributed by atoms with Gasteiger partial charge in [-0.2, -0.15) is 0 Å². The van der Waals surface area contributed by atoms with Crippen LogP contribution in [0.15, 0.2) is 60.7 Å². The van der Waals surface area contributed by atoms with Crippen molar-refractivity contribution in [1.82, 2.24) is 4.90 Å². The molecule has 1 fully saturated rings. The summed E-state index contributed by atoms with van der Waals surface area (Å²) in [5, 5.41) is 10.9. The van der Waals surface area contributed by atoms with Gasteiger partial charge in [-0.05, 0) is 36.0 Å². The molecule has 0 heterocycles. The van der Waals surface area contributed by atoms with Gasteiger partial charge in [0.25, 0.3) is 5.69 Å². The predicted octanol–water partition coefficient (Wildman–Crippen LogP) is 4.44. The Morgan fingerprint density at radius 1 is 1.15 bits per heavy atom. The lowest BCUT2D eigenvalue weighted by Crippen LogP contribution is -2.36. The minimum Gasteiger partial charge on any atom is -0.335 e. The van der Waals surface area contributed by atoms with E-state index in [1.54, 1.807) is 18.2 Å². The lowest BCUT2D eigenvalue weighted by atomic mass is 9.85. The molecule has 5 heteroatoms. The Morgan fingerprint density at radius 3 is 2.58 bits per heavy atom. The summed E-state index contributed by atoms with van der Waals surface area (Å²) in [6.45, 7) is 1.34. The van der Waals surface area contributed by atoms with Gasteiger partial charge in [-0.3, -0.25) is 14.9 Å². The molecular formula is C21H22N2O3. The van der Waals surface area contributed by atoms with Gasteiger partial charge in [0, 0.05) is 31.3 Å². The molecule has 0 spiro atoms. The van der Waals surface area contributed by atoms with Gasteiger partial charge in [0.1, 0.15) is 0 Å². The van der Waals surface area contributed by atoms with E-state index in [0.29, 0.717) is 18.0 Å². The Labute approximate surface area is 153 Å². The zero-order chi connectivity index (χ0) is 18.4. The van der Waals surface area contributed by atoms with Gasteiger partial charge >= 0.3 is 0 Å². The number of carbonyl (C=O) groups excluding carboxylic acids is 1. The van der Waals surface area contributed by atoms with Gasteiger partial charge in [0.05, 0.1) is 4.92 Å². The molecule has 2 aromatic rings. The first-order chi connectivity index (χ1) is 12.6. The van der Waals surface area contributed by atoms with Crippen molar-refractivity contribution in [3.8, 4) is 0 Å². The van der Waals surface area contributed by atoms with Gasteiger partial charge in [-0.15, -0.1) is 0 Å². The van der Waals surface area contributed by atoms with Crippen molar-refractivity contribution in [2.24, 2.45) is 5.92 Å². The third-order valence-corrected chi connectivity index (χ3v) is 4.73. The molecule has 134 valence electrons. The maximum Gasteiger partial charge on any atom is 0.270 e. The van der Waals surface area contributed by atoms with E-state index >= 15 is 0 Å². The van der Waals surface area contributed by atoms with E-state index in [2.05, 4.69) is 0 Å². The SMILES string of the molecule is O=C(C=Cc1cccc([N+](=O)[O-])c1)N(Cc1ccccc1)CC1CCC1. The first-order valence-corrected chi connectivity index (χ1v) is 8.87. The Bertz CT molecular complexity index is 798. The fraction of sp³-hybridized carbons (Fsp3) is 0.286. The van der Waals surface area contributed by atoms with Crippen molar-refractivity contribution >= 4 is 17.7 Å². The van der Waals surface area contributed by atoms with Gasteiger partial charge < -0.3 is 4.90 Å². The van der Waals surface area contributed by atoms with Crippen molar-refractivity contribution in [2.45, 2.75) is 25.8 Å². The molecule has 1 amide bonds. The standard InChI is InChI=1S/C21H22N2O3/c24-21(13-12-17-8-5-11-20(14-17)23(25)26)22(16-19-9-4-10-19)15-18-6-2-1-3-7-18/h1-3,5-8,11-14,19H,4,9-10,15-16H2. The zero-order valence-corrected chi connectivity index (χ0v) is 14.6. The lowest BCUT2D eigenvalue weighted by molar-refractivity contribution is -0.384. The predicted molar refractivity (Wildman–Crippen MR) is 101 cm³/mol. The molecule has 2 aromatic carbocycles. The van der Waals surface area contributed by atoms with Crippen LogP contribution in [-0.2, 0) is 11.3 Å². The summed E-state index contributed by atoms with van der Waals surface area (Å²) >= 11 is 0. The molecule has 5 nitrogen and oxygen atoms in total. The highest BCUT2D eigenvalue weighted by molar-refractivity contribution is 5.91. The molecular weight excluding hydrogens is 328 g/mol. The number of amides is 1. The normalized spacial score (nSPS) is 14.2. The van der Waals surface area contributed by atoms with Crippen LogP contribution in [0.4, 0.5) is 5.69 Å². The van der Waals surface area contributed by atoms with Crippen molar-refractivity contribution in [1.29, 1.82) is 0 Å². The van der Waals surface area contributed by atoms with E-state index in [0.717, 1.165) is 12.1 Å². The summed E-state index contributed by atoms with van der Waals surface area (Å²) in [5.74, 6) is 0.515. The number of benzene rings is 2. The minimum atomic E-state index is -0.433. The maximum absolute atomic E-state index is 12.7. The highest BCUT2D eigenvalue weighted by Gasteiger charge is 2.22. The largest absolute Gasteiger partial charge is 0.335 e. The van der Waals surface area contributed by atoms with Crippen LogP contribution in [0.2, 0.25) is 0 Å². The fourth-order valence-electron chi connectivity index (χ4n) is 3.04. The van der Waals surface area contributed by atoms with Crippen molar-refractivity contribution in [3.63, 3.8) is 0 Å². The smallest absolute Gasteiger partial charge is 0.270 e. The minimum absolute atomic E-state index is 0.0233. The molecule has 0 N–H and O–H groups in total. The van der Waals surface area contributed by atoms with Gasteiger partial charge in [-0.25, -0.2) is 0 Å². The molecule has 0 aromatic heterocycles. The van der Waals surface area contributed by atoms with Crippen LogP contribution >= 0.6 is 0 Å². The number of nitro groups is 1. The second kappa shape index (κ2) is 8.43. The summed E-state index contributed by atoms with van der Waals surface area (Å²) in [6.07, 6.45) is 6.75. The van der Waals surface area contributed by atoms with E-state index < -0.39 is 4.92 Å². The average Bonchev–Trinajstić information content (AvgIpc) is 2.62. The molecule has 0 unspecified atom stereocenters. The number of carbonyl (C=O) groups is 1. The fourth-order valence-corrected chi connectivity index (χ4v) is 3.04. The van der Waals surface area contributed by atoms with Crippen LogP contribution in [0.25, 0.3) is 6.08 Å². The Morgan fingerprint density at radius 2 is 1.92 bits per heavy atom. The van der Waals surface area contributed by atoms with Crippen LogP contribution < -0.4 is 0 Å². The van der Waals surface area contributed by atoms with Crippen LogP contribution in [-0.4, -0.2) is 22.3 Å². The summed E-state index contributed by atoms with van der Waals surface area (Å²) < 4.78 is 0. The topological polar surface area (TPSA) is 63.4 Å². The van der Waals surface area contributed by atoms with Crippen molar-refractivity contribution in [3.05, 3.63) is 81.9 Å². The Kier molecular flexibility index (Phi) is 5.79. The van der Waals surface area contributed by atoms with Crippen LogP contribution in [0.1, 0.15) is 30.4 Å². The van der Waals surface area contributed by atoms with E-state index in [1.165, 1.54) is 37.5 Å². The summed E-state index contributed by atoms with van der Waals surface area (Å²) in [7, 11) is 0. The monoisotopic (exact) mass is 350 g/mol. The van der Waals surface area contributed by atoms with E-state index in [-0.39, 0.29) is 11.6 Å². The molecule has 1 aliphatic carbocycles. The van der Waals surface area contributed by atoms with E-state index in [1.807, 2.05) is 35.2 Å².